The van der Waals surface area contributed by atoms with Gasteiger partial charge in [-0.1, -0.05) is 6.08 Å². The summed E-state index contributed by atoms with van der Waals surface area (Å²) < 4.78 is 0. The zero-order valence-electron chi connectivity index (χ0n) is 8.14. The van der Waals surface area contributed by atoms with E-state index >= 15 is 0 Å². The highest BCUT2D eigenvalue weighted by molar-refractivity contribution is 5.76. The zero-order chi connectivity index (χ0) is 11.3. The number of nitro benzene ring substituents is 1. The minimum atomic E-state index is -0.459. The molecule has 0 aliphatic rings. The SMILES string of the molecule is CNc1cc(/C=C/C=O)ccc1[N+](=O)[O-]. The lowest BCUT2D eigenvalue weighted by Gasteiger charge is -2.02. The van der Waals surface area contributed by atoms with Gasteiger partial charge in [-0.3, -0.25) is 14.9 Å². The number of carbonyl (C=O) groups excluding carboxylic acids is 1. The number of anilines is 1. The molecule has 0 aliphatic heterocycles. The zero-order valence-corrected chi connectivity index (χ0v) is 8.14. The molecule has 0 fully saturated rings. The maximum Gasteiger partial charge on any atom is 0.292 e. The highest BCUT2D eigenvalue weighted by Gasteiger charge is 2.11. The van der Waals surface area contributed by atoms with Crippen molar-refractivity contribution in [2.45, 2.75) is 0 Å². The maximum absolute atomic E-state index is 10.6. The summed E-state index contributed by atoms with van der Waals surface area (Å²) >= 11 is 0. The monoisotopic (exact) mass is 206 g/mol. The standard InChI is InChI=1S/C10H10N2O3/c1-11-9-7-8(3-2-6-13)4-5-10(9)12(14)15/h2-7,11H,1H3/b3-2+. The van der Waals surface area contributed by atoms with Gasteiger partial charge in [0.2, 0.25) is 0 Å². The van der Waals surface area contributed by atoms with Crippen molar-refractivity contribution in [1.29, 1.82) is 0 Å². The number of carbonyl (C=O) groups is 1. The van der Waals surface area contributed by atoms with Gasteiger partial charge in [-0.15, -0.1) is 0 Å². The molecule has 1 aromatic rings. The first-order valence-corrected chi connectivity index (χ1v) is 4.27. The van der Waals surface area contributed by atoms with Gasteiger partial charge in [0.05, 0.1) is 4.92 Å². The summed E-state index contributed by atoms with van der Waals surface area (Å²) in [6.07, 6.45) is 3.57. The number of allylic oxidation sites excluding steroid dienone is 1. The molecule has 1 N–H and O–H groups in total. The van der Waals surface area contributed by atoms with Crippen molar-refractivity contribution < 1.29 is 9.72 Å². The van der Waals surface area contributed by atoms with Gasteiger partial charge in [-0.2, -0.15) is 0 Å². The van der Waals surface area contributed by atoms with Gasteiger partial charge in [-0.05, 0) is 23.8 Å². The van der Waals surface area contributed by atoms with Gasteiger partial charge < -0.3 is 5.32 Å². The Labute approximate surface area is 86.6 Å². The van der Waals surface area contributed by atoms with Crippen molar-refractivity contribution in [2.75, 3.05) is 12.4 Å². The average molecular weight is 206 g/mol. The average Bonchev–Trinajstić information content (AvgIpc) is 2.25. The minimum absolute atomic E-state index is 0.0146. The predicted octanol–water partition coefficient (Wildman–Crippen LogP) is 1.85. The van der Waals surface area contributed by atoms with E-state index in [1.54, 1.807) is 25.3 Å². The van der Waals surface area contributed by atoms with Gasteiger partial charge >= 0.3 is 0 Å². The van der Waals surface area contributed by atoms with Crippen molar-refractivity contribution in [3.05, 3.63) is 40.0 Å². The van der Waals surface area contributed by atoms with Crippen LogP contribution >= 0.6 is 0 Å². The van der Waals surface area contributed by atoms with Gasteiger partial charge in [0.1, 0.15) is 12.0 Å². The molecule has 0 aliphatic carbocycles. The van der Waals surface area contributed by atoms with E-state index in [0.29, 0.717) is 12.0 Å². The Morgan fingerprint density at radius 1 is 1.47 bits per heavy atom. The Kier molecular flexibility index (Phi) is 3.56. The number of hydrogen-bond acceptors (Lipinski definition) is 4. The van der Waals surface area contributed by atoms with Crippen molar-refractivity contribution in [1.82, 2.24) is 0 Å². The minimum Gasteiger partial charge on any atom is -0.383 e. The fraction of sp³-hybridized carbons (Fsp3) is 0.100. The van der Waals surface area contributed by atoms with Crippen LogP contribution in [0.1, 0.15) is 5.56 Å². The molecular formula is C10H10N2O3. The van der Waals surface area contributed by atoms with Gasteiger partial charge in [0.25, 0.3) is 5.69 Å². The van der Waals surface area contributed by atoms with Crippen LogP contribution in [0.2, 0.25) is 0 Å². The second-order valence-electron chi connectivity index (χ2n) is 2.78. The van der Waals surface area contributed by atoms with Gasteiger partial charge in [0.15, 0.2) is 0 Å². The summed E-state index contributed by atoms with van der Waals surface area (Å²) in [7, 11) is 1.61. The van der Waals surface area contributed by atoms with E-state index < -0.39 is 4.92 Å². The number of benzene rings is 1. The number of nitrogens with zero attached hydrogens (tertiary/aromatic N) is 1. The quantitative estimate of drug-likeness (QED) is 0.353. The van der Waals surface area contributed by atoms with E-state index in [1.807, 2.05) is 0 Å². The third-order valence-electron chi connectivity index (χ3n) is 1.85. The van der Waals surface area contributed by atoms with E-state index in [0.717, 1.165) is 5.56 Å². The van der Waals surface area contributed by atoms with Crippen LogP contribution in [0, 0.1) is 10.1 Å². The van der Waals surface area contributed by atoms with Crippen LogP contribution in [0.15, 0.2) is 24.3 Å². The van der Waals surface area contributed by atoms with Crippen LogP contribution < -0.4 is 5.32 Å². The summed E-state index contributed by atoms with van der Waals surface area (Å²) in [6.45, 7) is 0. The molecule has 1 rings (SSSR count). The van der Waals surface area contributed by atoms with E-state index in [9.17, 15) is 14.9 Å². The van der Waals surface area contributed by atoms with E-state index in [4.69, 9.17) is 0 Å². The third kappa shape index (κ3) is 2.63. The van der Waals surface area contributed by atoms with Crippen LogP contribution in [0.4, 0.5) is 11.4 Å². The first-order valence-electron chi connectivity index (χ1n) is 4.27. The van der Waals surface area contributed by atoms with Gasteiger partial charge in [-0.25, -0.2) is 0 Å². The number of hydrogen-bond donors (Lipinski definition) is 1. The smallest absolute Gasteiger partial charge is 0.292 e. The molecule has 0 radical (unpaired) electrons. The molecule has 0 unspecified atom stereocenters. The molecule has 0 saturated carbocycles. The fourth-order valence-corrected chi connectivity index (χ4v) is 1.17. The molecule has 0 amide bonds. The summed E-state index contributed by atoms with van der Waals surface area (Å²) in [5, 5.41) is 13.3. The molecule has 5 heteroatoms. The Balaban J connectivity index is 3.12. The van der Waals surface area contributed by atoms with Gasteiger partial charge in [0, 0.05) is 13.1 Å². The van der Waals surface area contributed by atoms with Crippen LogP contribution in [-0.4, -0.2) is 18.3 Å². The predicted molar refractivity (Wildman–Crippen MR) is 57.7 cm³/mol. The highest BCUT2D eigenvalue weighted by atomic mass is 16.6. The highest BCUT2D eigenvalue weighted by Crippen LogP contribution is 2.25. The Morgan fingerprint density at radius 2 is 2.20 bits per heavy atom. The summed E-state index contributed by atoms with van der Waals surface area (Å²) in [4.78, 5) is 20.2. The van der Waals surface area contributed by atoms with Crippen LogP contribution in [0.5, 0.6) is 0 Å². The molecule has 78 valence electrons. The molecule has 0 atom stereocenters. The third-order valence-corrected chi connectivity index (χ3v) is 1.85. The lowest BCUT2D eigenvalue weighted by molar-refractivity contribution is -0.383. The van der Waals surface area contributed by atoms with E-state index in [1.165, 1.54) is 12.1 Å². The molecule has 15 heavy (non-hydrogen) atoms. The maximum atomic E-state index is 10.6. The Morgan fingerprint density at radius 3 is 2.73 bits per heavy atom. The van der Waals surface area contributed by atoms with Crippen LogP contribution in [0.25, 0.3) is 6.08 Å². The van der Waals surface area contributed by atoms with Crippen LogP contribution in [0.3, 0.4) is 0 Å². The first kappa shape index (κ1) is 10.9. The van der Waals surface area contributed by atoms with Crippen molar-refractivity contribution in [2.24, 2.45) is 0 Å². The van der Waals surface area contributed by atoms with Crippen molar-refractivity contribution >= 4 is 23.7 Å². The first-order chi connectivity index (χ1) is 7.19. The number of nitrogens with one attached hydrogen (secondary N) is 1. The number of nitro groups is 1. The normalized spacial score (nSPS) is 10.2. The Hall–Kier alpha value is -2.17. The molecular weight excluding hydrogens is 196 g/mol. The summed E-state index contributed by atoms with van der Waals surface area (Å²) in [5.74, 6) is 0. The lowest BCUT2D eigenvalue weighted by Crippen LogP contribution is -1.96. The largest absolute Gasteiger partial charge is 0.383 e. The molecule has 0 bridgehead atoms. The molecule has 5 nitrogen and oxygen atoms in total. The second-order valence-corrected chi connectivity index (χ2v) is 2.78. The topological polar surface area (TPSA) is 72.2 Å². The molecule has 0 spiro atoms. The second kappa shape index (κ2) is 4.90. The Bertz CT molecular complexity index is 413. The molecule has 0 heterocycles. The van der Waals surface area contributed by atoms with E-state index in [-0.39, 0.29) is 5.69 Å². The molecule has 0 saturated heterocycles. The number of aldehydes is 1. The lowest BCUT2D eigenvalue weighted by atomic mass is 10.1. The molecule has 0 aromatic heterocycles. The molecule has 1 aromatic carbocycles. The van der Waals surface area contributed by atoms with Crippen LogP contribution in [-0.2, 0) is 4.79 Å². The summed E-state index contributed by atoms with van der Waals surface area (Å²) in [5.41, 5.74) is 1.17. The fourth-order valence-electron chi connectivity index (χ4n) is 1.17. The number of rotatable bonds is 4. The van der Waals surface area contributed by atoms with Crippen molar-refractivity contribution in [3.63, 3.8) is 0 Å². The summed E-state index contributed by atoms with van der Waals surface area (Å²) in [6, 6.07) is 4.59. The van der Waals surface area contributed by atoms with Crippen molar-refractivity contribution in [3.8, 4) is 0 Å². The van der Waals surface area contributed by atoms with E-state index in [2.05, 4.69) is 5.32 Å².